The van der Waals surface area contributed by atoms with Gasteiger partial charge >= 0.3 is 0 Å². The summed E-state index contributed by atoms with van der Waals surface area (Å²) in [6.07, 6.45) is 2.99. The zero-order valence-electron chi connectivity index (χ0n) is 12.9. The molecular formula is C17H24ClN3. The van der Waals surface area contributed by atoms with Crippen molar-refractivity contribution in [1.82, 2.24) is 15.2 Å². The van der Waals surface area contributed by atoms with Crippen LogP contribution in [-0.4, -0.2) is 36.1 Å². The number of halogens is 1. The van der Waals surface area contributed by atoms with Gasteiger partial charge in [-0.3, -0.25) is 4.98 Å². The Hall–Kier alpha value is -1.16. The zero-order chi connectivity index (χ0) is 15.1. The Bertz CT molecular complexity index is 567. The maximum atomic E-state index is 6.21. The van der Waals surface area contributed by atoms with Crippen LogP contribution in [-0.2, 0) is 6.54 Å². The van der Waals surface area contributed by atoms with Crippen LogP contribution < -0.4 is 5.32 Å². The normalized spacial score (nSPS) is 11.4. The number of aromatic nitrogens is 1. The first-order chi connectivity index (χ1) is 10.3. The molecule has 0 aliphatic heterocycles. The minimum Gasteiger partial charge on any atom is -0.313 e. The summed E-state index contributed by atoms with van der Waals surface area (Å²) in [5.74, 6) is 0. The fourth-order valence-electron chi connectivity index (χ4n) is 2.53. The van der Waals surface area contributed by atoms with Gasteiger partial charge in [-0.15, -0.1) is 0 Å². The Balaban J connectivity index is 1.88. The van der Waals surface area contributed by atoms with E-state index in [0.29, 0.717) is 0 Å². The van der Waals surface area contributed by atoms with Crippen molar-refractivity contribution in [2.45, 2.75) is 26.8 Å². The first kappa shape index (κ1) is 16.2. The molecule has 1 heterocycles. The summed E-state index contributed by atoms with van der Waals surface area (Å²) in [5.41, 5.74) is 2.21. The van der Waals surface area contributed by atoms with E-state index in [9.17, 15) is 0 Å². The second-order valence-corrected chi connectivity index (χ2v) is 5.57. The number of nitrogens with zero attached hydrogens (tertiary/aromatic N) is 2. The summed E-state index contributed by atoms with van der Waals surface area (Å²) in [4.78, 5) is 6.91. The molecule has 0 saturated heterocycles. The average molecular weight is 306 g/mol. The lowest BCUT2D eigenvalue weighted by molar-refractivity contribution is 0.298. The lowest BCUT2D eigenvalue weighted by atomic mass is 10.1. The molecule has 3 nitrogen and oxygen atoms in total. The third-order valence-electron chi connectivity index (χ3n) is 3.84. The smallest absolute Gasteiger partial charge is 0.0761 e. The molecule has 1 N–H and O–H groups in total. The van der Waals surface area contributed by atoms with Crippen LogP contribution in [0.25, 0.3) is 10.9 Å². The first-order valence-corrected chi connectivity index (χ1v) is 8.09. The van der Waals surface area contributed by atoms with Crippen LogP contribution in [0.5, 0.6) is 0 Å². The van der Waals surface area contributed by atoms with Crippen LogP contribution in [0.2, 0.25) is 5.02 Å². The molecule has 0 amide bonds. The minimum absolute atomic E-state index is 0.767. The van der Waals surface area contributed by atoms with Crippen LogP contribution >= 0.6 is 11.6 Å². The van der Waals surface area contributed by atoms with E-state index in [2.05, 4.69) is 35.1 Å². The van der Waals surface area contributed by atoms with Crippen molar-refractivity contribution in [3.05, 3.63) is 41.0 Å². The second kappa shape index (κ2) is 8.32. The Kier molecular flexibility index (Phi) is 6.43. The average Bonchev–Trinajstić information content (AvgIpc) is 2.53. The number of nitrogens with one attached hydrogen (secondary N) is 1. The Morgan fingerprint density at radius 2 is 2.00 bits per heavy atom. The predicted octanol–water partition coefficient (Wildman–Crippen LogP) is 3.71. The predicted molar refractivity (Wildman–Crippen MR) is 90.9 cm³/mol. The molecular weight excluding hydrogens is 282 g/mol. The minimum atomic E-state index is 0.767. The van der Waals surface area contributed by atoms with Crippen molar-refractivity contribution >= 4 is 22.5 Å². The molecule has 0 bridgehead atoms. The van der Waals surface area contributed by atoms with Crippen molar-refractivity contribution < 1.29 is 0 Å². The molecule has 0 aliphatic carbocycles. The number of hydrogen-bond acceptors (Lipinski definition) is 3. The molecule has 1 aromatic heterocycles. The van der Waals surface area contributed by atoms with E-state index in [1.165, 1.54) is 12.0 Å². The van der Waals surface area contributed by atoms with Gasteiger partial charge in [-0.25, -0.2) is 0 Å². The van der Waals surface area contributed by atoms with Gasteiger partial charge < -0.3 is 10.2 Å². The van der Waals surface area contributed by atoms with E-state index in [0.717, 1.165) is 48.6 Å². The molecule has 114 valence electrons. The van der Waals surface area contributed by atoms with Crippen molar-refractivity contribution in [3.8, 4) is 0 Å². The zero-order valence-corrected chi connectivity index (χ0v) is 13.7. The van der Waals surface area contributed by atoms with Crippen molar-refractivity contribution in [2.75, 3.05) is 26.2 Å². The van der Waals surface area contributed by atoms with E-state index >= 15 is 0 Å². The van der Waals surface area contributed by atoms with Gasteiger partial charge in [0.05, 0.1) is 5.52 Å². The largest absolute Gasteiger partial charge is 0.313 e. The van der Waals surface area contributed by atoms with Gasteiger partial charge in [0.1, 0.15) is 0 Å². The molecule has 0 atom stereocenters. The second-order valence-electron chi connectivity index (χ2n) is 5.16. The molecule has 0 spiro atoms. The van der Waals surface area contributed by atoms with Crippen LogP contribution in [0.15, 0.2) is 30.5 Å². The molecule has 1 aromatic carbocycles. The number of pyridine rings is 1. The molecule has 2 aromatic rings. The molecule has 0 saturated carbocycles. The Morgan fingerprint density at radius 3 is 2.76 bits per heavy atom. The fourth-order valence-corrected chi connectivity index (χ4v) is 2.75. The number of rotatable bonds is 8. The summed E-state index contributed by atoms with van der Waals surface area (Å²) in [6, 6.07) is 7.97. The van der Waals surface area contributed by atoms with Gasteiger partial charge in [0.15, 0.2) is 0 Å². The SMILES string of the molecule is CCN(CC)CCCNCc1ccc(Cl)c2cccnc12. The van der Waals surface area contributed by atoms with Crippen molar-refractivity contribution in [3.63, 3.8) is 0 Å². The highest BCUT2D eigenvalue weighted by molar-refractivity contribution is 6.35. The molecule has 4 heteroatoms. The number of benzene rings is 1. The molecule has 0 aliphatic rings. The van der Waals surface area contributed by atoms with Gasteiger partial charge in [0.2, 0.25) is 0 Å². The number of hydrogen-bond donors (Lipinski definition) is 1. The monoisotopic (exact) mass is 305 g/mol. The first-order valence-electron chi connectivity index (χ1n) is 7.71. The van der Waals surface area contributed by atoms with Crippen LogP contribution in [0, 0.1) is 0 Å². The molecule has 0 fully saturated rings. The van der Waals surface area contributed by atoms with Crippen molar-refractivity contribution in [1.29, 1.82) is 0 Å². The van der Waals surface area contributed by atoms with Crippen LogP contribution in [0.4, 0.5) is 0 Å². The molecule has 2 rings (SSSR count). The lowest BCUT2D eigenvalue weighted by Gasteiger charge is -2.17. The quantitative estimate of drug-likeness (QED) is 0.754. The summed E-state index contributed by atoms with van der Waals surface area (Å²) >= 11 is 6.21. The lowest BCUT2D eigenvalue weighted by Crippen LogP contribution is -2.27. The Labute approximate surface area is 132 Å². The van der Waals surface area contributed by atoms with Gasteiger partial charge in [0, 0.05) is 23.2 Å². The van der Waals surface area contributed by atoms with Gasteiger partial charge in [-0.05, 0) is 56.4 Å². The van der Waals surface area contributed by atoms with E-state index in [1.807, 2.05) is 24.4 Å². The third kappa shape index (κ3) is 4.40. The number of fused-ring (bicyclic) bond motifs is 1. The standard InChI is InChI=1S/C17H24ClN3/c1-3-21(4-2)12-6-10-19-13-14-8-9-16(18)15-7-5-11-20-17(14)15/h5,7-9,11,19H,3-4,6,10,12-13H2,1-2H3. The summed E-state index contributed by atoms with van der Waals surface area (Å²) < 4.78 is 0. The van der Waals surface area contributed by atoms with Gasteiger partial charge in [-0.2, -0.15) is 0 Å². The topological polar surface area (TPSA) is 28.2 Å². The van der Waals surface area contributed by atoms with Crippen molar-refractivity contribution in [2.24, 2.45) is 0 Å². The van der Waals surface area contributed by atoms with E-state index < -0.39 is 0 Å². The van der Waals surface area contributed by atoms with Gasteiger partial charge in [0.25, 0.3) is 0 Å². The fraction of sp³-hybridized carbons (Fsp3) is 0.471. The maximum absolute atomic E-state index is 6.21. The third-order valence-corrected chi connectivity index (χ3v) is 4.17. The van der Waals surface area contributed by atoms with Crippen LogP contribution in [0.3, 0.4) is 0 Å². The maximum Gasteiger partial charge on any atom is 0.0761 e. The van der Waals surface area contributed by atoms with E-state index in [-0.39, 0.29) is 0 Å². The van der Waals surface area contributed by atoms with E-state index in [1.54, 1.807) is 0 Å². The summed E-state index contributed by atoms with van der Waals surface area (Å²) in [7, 11) is 0. The van der Waals surface area contributed by atoms with Crippen LogP contribution in [0.1, 0.15) is 25.8 Å². The molecule has 0 radical (unpaired) electrons. The summed E-state index contributed by atoms with van der Waals surface area (Å²) in [5, 5.41) is 5.30. The Morgan fingerprint density at radius 1 is 1.19 bits per heavy atom. The molecule has 0 unspecified atom stereocenters. The highest BCUT2D eigenvalue weighted by Crippen LogP contribution is 2.24. The summed E-state index contributed by atoms with van der Waals surface area (Å²) in [6.45, 7) is 9.69. The highest BCUT2D eigenvalue weighted by atomic mass is 35.5. The van der Waals surface area contributed by atoms with E-state index in [4.69, 9.17) is 11.6 Å². The highest BCUT2D eigenvalue weighted by Gasteiger charge is 2.05. The van der Waals surface area contributed by atoms with Gasteiger partial charge in [-0.1, -0.05) is 31.5 Å². The molecule has 21 heavy (non-hydrogen) atoms.